The van der Waals surface area contributed by atoms with E-state index in [0.717, 1.165) is 13.1 Å². The second-order valence-electron chi connectivity index (χ2n) is 6.07. The van der Waals surface area contributed by atoms with Crippen LogP contribution in [0, 0.1) is 13.8 Å². The maximum absolute atomic E-state index is 2.48. The van der Waals surface area contributed by atoms with Crippen LogP contribution in [0.15, 0.2) is 78.9 Å². The molecule has 0 amide bonds. The zero-order valence-corrected chi connectivity index (χ0v) is 13.9. The lowest BCUT2D eigenvalue weighted by atomic mass is 10.1. The molecule has 0 aromatic heterocycles. The number of para-hydroxylation sites is 1. The molecule has 0 saturated heterocycles. The number of benzene rings is 3. The van der Waals surface area contributed by atoms with Crippen molar-refractivity contribution in [2.24, 2.45) is 0 Å². The highest BCUT2D eigenvalue weighted by molar-refractivity contribution is 5.59. The second-order valence-corrected chi connectivity index (χ2v) is 6.07. The van der Waals surface area contributed by atoms with Gasteiger partial charge in [-0.15, -0.1) is 0 Å². The van der Waals surface area contributed by atoms with Crippen LogP contribution in [-0.2, 0) is 13.1 Å². The zero-order chi connectivity index (χ0) is 16.1. The molecule has 0 heterocycles. The fraction of sp³-hybridized carbons (Fsp3) is 0.182. The average Bonchev–Trinajstić information content (AvgIpc) is 2.56. The first kappa shape index (κ1) is 15.4. The van der Waals surface area contributed by atoms with Gasteiger partial charge in [-0.3, -0.25) is 0 Å². The summed E-state index contributed by atoms with van der Waals surface area (Å²) in [5, 5.41) is 0. The van der Waals surface area contributed by atoms with Crippen molar-refractivity contribution in [1.29, 1.82) is 0 Å². The number of hydrogen-bond acceptors (Lipinski definition) is 1. The Bertz CT molecular complexity index is 686. The molecule has 1 heteroatoms. The molecule has 1 nitrogen and oxygen atoms in total. The Morgan fingerprint density at radius 1 is 0.565 bits per heavy atom. The molecule has 0 fully saturated rings. The molecule has 0 unspecified atom stereocenters. The standard InChI is InChI=1S/C22H23N/c1-18-10-9-11-19(2)22(18)23(16-20-12-5-3-6-13-20)17-21-14-7-4-8-15-21/h3-15H,16-17H2,1-2H3. The Labute approximate surface area is 139 Å². The van der Waals surface area contributed by atoms with Crippen molar-refractivity contribution < 1.29 is 0 Å². The highest BCUT2D eigenvalue weighted by atomic mass is 15.1. The molecular weight excluding hydrogens is 278 g/mol. The second kappa shape index (κ2) is 7.15. The first-order valence-corrected chi connectivity index (χ1v) is 8.13. The van der Waals surface area contributed by atoms with E-state index in [1.54, 1.807) is 0 Å². The first-order valence-electron chi connectivity index (χ1n) is 8.13. The van der Waals surface area contributed by atoms with Gasteiger partial charge in [0.15, 0.2) is 0 Å². The lowest BCUT2D eigenvalue weighted by molar-refractivity contribution is 0.793. The van der Waals surface area contributed by atoms with Gasteiger partial charge in [0.25, 0.3) is 0 Å². The van der Waals surface area contributed by atoms with E-state index in [1.165, 1.54) is 27.9 Å². The average molecular weight is 301 g/mol. The molecule has 0 bridgehead atoms. The van der Waals surface area contributed by atoms with E-state index in [4.69, 9.17) is 0 Å². The molecule has 23 heavy (non-hydrogen) atoms. The molecule has 0 aliphatic rings. The highest BCUT2D eigenvalue weighted by Gasteiger charge is 2.13. The molecule has 3 aromatic carbocycles. The minimum Gasteiger partial charge on any atom is -0.362 e. The van der Waals surface area contributed by atoms with Crippen LogP contribution in [-0.4, -0.2) is 0 Å². The lowest BCUT2D eigenvalue weighted by Crippen LogP contribution is -2.23. The number of aryl methyl sites for hydroxylation is 2. The van der Waals surface area contributed by atoms with Gasteiger partial charge in [0.05, 0.1) is 0 Å². The van der Waals surface area contributed by atoms with Gasteiger partial charge in [-0.25, -0.2) is 0 Å². The van der Waals surface area contributed by atoms with Crippen molar-refractivity contribution in [3.63, 3.8) is 0 Å². The predicted octanol–water partition coefficient (Wildman–Crippen LogP) is 5.51. The lowest BCUT2D eigenvalue weighted by Gasteiger charge is -2.28. The summed E-state index contributed by atoms with van der Waals surface area (Å²) in [6.07, 6.45) is 0. The maximum atomic E-state index is 2.48. The topological polar surface area (TPSA) is 3.24 Å². The largest absolute Gasteiger partial charge is 0.362 e. The Kier molecular flexibility index (Phi) is 4.77. The zero-order valence-electron chi connectivity index (χ0n) is 13.9. The van der Waals surface area contributed by atoms with Crippen LogP contribution in [0.25, 0.3) is 0 Å². The third-order valence-corrected chi connectivity index (χ3v) is 4.19. The first-order chi connectivity index (χ1) is 11.2. The summed E-state index contributed by atoms with van der Waals surface area (Å²) >= 11 is 0. The molecule has 0 radical (unpaired) electrons. The van der Waals surface area contributed by atoms with Crippen LogP contribution in [0.2, 0.25) is 0 Å². The summed E-state index contributed by atoms with van der Waals surface area (Å²) < 4.78 is 0. The van der Waals surface area contributed by atoms with Crippen molar-refractivity contribution in [1.82, 2.24) is 0 Å². The van der Waals surface area contributed by atoms with Crippen LogP contribution < -0.4 is 4.90 Å². The Morgan fingerprint density at radius 3 is 1.43 bits per heavy atom. The maximum Gasteiger partial charge on any atom is 0.0433 e. The van der Waals surface area contributed by atoms with E-state index in [2.05, 4.69) is 97.6 Å². The van der Waals surface area contributed by atoms with Gasteiger partial charge in [0.2, 0.25) is 0 Å². The van der Waals surface area contributed by atoms with Gasteiger partial charge in [-0.05, 0) is 36.1 Å². The summed E-state index contributed by atoms with van der Waals surface area (Å²) in [6.45, 7) is 6.24. The van der Waals surface area contributed by atoms with Gasteiger partial charge in [0.1, 0.15) is 0 Å². The van der Waals surface area contributed by atoms with Gasteiger partial charge in [0, 0.05) is 18.8 Å². The van der Waals surface area contributed by atoms with E-state index < -0.39 is 0 Å². The third kappa shape index (κ3) is 3.81. The van der Waals surface area contributed by atoms with Gasteiger partial charge in [-0.2, -0.15) is 0 Å². The summed E-state index contributed by atoms with van der Waals surface area (Å²) in [6, 6.07) is 27.9. The quantitative estimate of drug-likeness (QED) is 0.600. The molecule has 0 spiro atoms. The monoisotopic (exact) mass is 301 g/mol. The summed E-state index contributed by atoms with van der Waals surface area (Å²) in [5.74, 6) is 0. The van der Waals surface area contributed by atoms with Crippen molar-refractivity contribution in [3.8, 4) is 0 Å². The molecule has 3 rings (SSSR count). The molecule has 0 aliphatic carbocycles. The molecule has 0 N–H and O–H groups in total. The normalized spacial score (nSPS) is 10.5. The SMILES string of the molecule is Cc1cccc(C)c1N(Cc1ccccc1)Cc1ccccc1. The van der Waals surface area contributed by atoms with E-state index in [0.29, 0.717) is 0 Å². The van der Waals surface area contributed by atoms with Crippen molar-refractivity contribution >= 4 is 5.69 Å². The number of nitrogens with zero attached hydrogens (tertiary/aromatic N) is 1. The summed E-state index contributed by atoms with van der Waals surface area (Å²) in [4.78, 5) is 2.48. The molecule has 0 saturated carbocycles. The molecular formula is C22H23N. The van der Waals surface area contributed by atoms with Gasteiger partial charge in [-0.1, -0.05) is 78.9 Å². The van der Waals surface area contributed by atoms with E-state index in [1.807, 2.05) is 0 Å². The smallest absolute Gasteiger partial charge is 0.0433 e. The summed E-state index contributed by atoms with van der Waals surface area (Å²) in [7, 11) is 0. The van der Waals surface area contributed by atoms with Crippen LogP contribution in [0.5, 0.6) is 0 Å². The van der Waals surface area contributed by atoms with Crippen LogP contribution in [0.3, 0.4) is 0 Å². The van der Waals surface area contributed by atoms with E-state index in [-0.39, 0.29) is 0 Å². The van der Waals surface area contributed by atoms with Crippen LogP contribution in [0.4, 0.5) is 5.69 Å². The van der Waals surface area contributed by atoms with Crippen molar-refractivity contribution in [2.75, 3.05) is 4.90 Å². The predicted molar refractivity (Wildman–Crippen MR) is 98.7 cm³/mol. The number of hydrogen-bond donors (Lipinski definition) is 0. The highest BCUT2D eigenvalue weighted by Crippen LogP contribution is 2.27. The van der Waals surface area contributed by atoms with Crippen molar-refractivity contribution in [2.45, 2.75) is 26.9 Å². The number of rotatable bonds is 5. The van der Waals surface area contributed by atoms with Gasteiger partial charge >= 0.3 is 0 Å². The van der Waals surface area contributed by atoms with E-state index in [9.17, 15) is 0 Å². The minimum absolute atomic E-state index is 0.918. The van der Waals surface area contributed by atoms with Crippen molar-refractivity contribution in [3.05, 3.63) is 101 Å². The van der Waals surface area contributed by atoms with Gasteiger partial charge < -0.3 is 4.90 Å². The fourth-order valence-corrected chi connectivity index (χ4v) is 3.13. The Morgan fingerprint density at radius 2 is 1.00 bits per heavy atom. The Balaban J connectivity index is 1.96. The Hall–Kier alpha value is -2.54. The fourth-order valence-electron chi connectivity index (χ4n) is 3.13. The number of anilines is 1. The molecule has 0 atom stereocenters. The molecule has 3 aromatic rings. The molecule has 0 aliphatic heterocycles. The third-order valence-electron chi connectivity index (χ3n) is 4.19. The van der Waals surface area contributed by atoms with E-state index >= 15 is 0 Å². The van der Waals surface area contributed by atoms with Crippen LogP contribution in [0.1, 0.15) is 22.3 Å². The molecule has 116 valence electrons. The minimum atomic E-state index is 0.918. The van der Waals surface area contributed by atoms with Crippen LogP contribution >= 0.6 is 0 Å². The summed E-state index contributed by atoms with van der Waals surface area (Å²) in [5.41, 5.74) is 6.69.